The number of primary amides is 1. The van der Waals surface area contributed by atoms with Gasteiger partial charge in [-0.2, -0.15) is 0 Å². The second kappa shape index (κ2) is 8.53. The molecule has 2 aromatic rings. The molecule has 1 heterocycles. The Morgan fingerprint density at radius 2 is 1.79 bits per heavy atom. The van der Waals surface area contributed by atoms with Crippen LogP contribution in [0.25, 0.3) is 0 Å². The van der Waals surface area contributed by atoms with Crippen LogP contribution in [0.4, 0.5) is 5.00 Å². The molecule has 2 rings (SSSR count). The summed E-state index contributed by atoms with van der Waals surface area (Å²) in [5.74, 6) is -2.02. The van der Waals surface area contributed by atoms with E-state index in [1.165, 1.54) is 24.3 Å². The molecule has 0 aliphatic heterocycles. The highest BCUT2D eigenvalue weighted by Crippen LogP contribution is 2.33. The fraction of sp³-hybridized carbons (Fsp3) is 0.278. The molecule has 0 saturated carbocycles. The molecule has 28 heavy (non-hydrogen) atoms. The number of nitrogens with two attached hydrogens (primary N) is 1. The van der Waals surface area contributed by atoms with Crippen molar-refractivity contribution in [1.82, 2.24) is 0 Å². The number of rotatable bonds is 7. The number of hydrogen-bond acceptors (Lipinski definition) is 7. The number of benzene rings is 1. The molecule has 0 aliphatic carbocycles. The Bertz CT molecular complexity index is 1020. The monoisotopic (exact) mass is 424 g/mol. The summed E-state index contributed by atoms with van der Waals surface area (Å²) in [7, 11) is -3.18. The number of esters is 1. The highest BCUT2D eigenvalue weighted by molar-refractivity contribution is 7.89. The van der Waals surface area contributed by atoms with Gasteiger partial charge in [0.05, 0.1) is 22.8 Å². The number of ether oxygens (including phenoxy) is 1. The summed E-state index contributed by atoms with van der Waals surface area (Å²) in [4.78, 5) is 36.5. The van der Waals surface area contributed by atoms with Gasteiger partial charge in [-0.05, 0) is 37.1 Å². The van der Waals surface area contributed by atoms with Gasteiger partial charge in [-0.3, -0.25) is 9.59 Å². The largest absolute Gasteiger partial charge is 0.462 e. The summed E-state index contributed by atoms with van der Waals surface area (Å²) in [6.07, 6.45) is 1.12. The van der Waals surface area contributed by atoms with Crippen molar-refractivity contribution < 1.29 is 27.5 Å². The molecular weight excluding hydrogens is 404 g/mol. The minimum absolute atomic E-state index is 0.0858. The van der Waals surface area contributed by atoms with E-state index >= 15 is 0 Å². The summed E-state index contributed by atoms with van der Waals surface area (Å²) in [6.45, 7) is 3.33. The Balaban J connectivity index is 2.31. The van der Waals surface area contributed by atoms with Crippen LogP contribution in [0.3, 0.4) is 0 Å². The quantitative estimate of drug-likeness (QED) is 0.654. The van der Waals surface area contributed by atoms with Crippen molar-refractivity contribution in [2.45, 2.75) is 19.6 Å². The summed E-state index contributed by atoms with van der Waals surface area (Å²) >= 11 is 0.896. The molecule has 3 N–H and O–H groups in total. The van der Waals surface area contributed by atoms with E-state index in [-0.39, 0.29) is 33.4 Å². The molecule has 0 bridgehead atoms. The molecule has 0 unspecified atom stereocenters. The van der Waals surface area contributed by atoms with Crippen LogP contribution in [-0.4, -0.2) is 39.1 Å². The van der Waals surface area contributed by atoms with E-state index in [0.717, 1.165) is 17.6 Å². The van der Waals surface area contributed by atoms with Crippen molar-refractivity contribution in [1.29, 1.82) is 0 Å². The van der Waals surface area contributed by atoms with Crippen molar-refractivity contribution >= 4 is 44.0 Å². The van der Waals surface area contributed by atoms with Gasteiger partial charge in [-0.15, -0.1) is 11.3 Å². The van der Waals surface area contributed by atoms with Crippen LogP contribution in [0.5, 0.6) is 0 Å². The Kier molecular flexibility index (Phi) is 6.57. The highest BCUT2D eigenvalue weighted by atomic mass is 32.2. The second-order valence-electron chi connectivity index (χ2n) is 6.07. The predicted octanol–water partition coefficient (Wildman–Crippen LogP) is 2.13. The number of carbonyl (C=O) groups is 3. The van der Waals surface area contributed by atoms with Crippen LogP contribution in [0.2, 0.25) is 0 Å². The number of anilines is 1. The van der Waals surface area contributed by atoms with Gasteiger partial charge in [0.15, 0.2) is 9.84 Å². The predicted molar refractivity (Wildman–Crippen MR) is 106 cm³/mol. The van der Waals surface area contributed by atoms with Crippen molar-refractivity contribution in [2.75, 3.05) is 18.2 Å². The van der Waals surface area contributed by atoms with E-state index in [2.05, 4.69) is 5.32 Å². The van der Waals surface area contributed by atoms with E-state index in [1.54, 1.807) is 13.8 Å². The topological polar surface area (TPSA) is 133 Å². The maximum Gasteiger partial charge on any atom is 0.341 e. The maximum absolute atomic E-state index is 12.5. The molecule has 0 saturated heterocycles. The van der Waals surface area contributed by atoms with Crippen LogP contribution in [0.1, 0.15) is 48.4 Å². The third kappa shape index (κ3) is 5.17. The van der Waals surface area contributed by atoms with Crippen LogP contribution < -0.4 is 11.1 Å². The Hall–Kier alpha value is -2.72. The van der Waals surface area contributed by atoms with Crippen molar-refractivity contribution in [3.8, 4) is 0 Å². The molecule has 8 nitrogen and oxygen atoms in total. The molecular formula is C18H20N2O6S2. The highest BCUT2D eigenvalue weighted by Gasteiger charge is 2.26. The Morgan fingerprint density at radius 1 is 1.18 bits per heavy atom. The van der Waals surface area contributed by atoms with Gasteiger partial charge in [0.1, 0.15) is 5.00 Å². The van der Waals surface area contributed by atoms with Gasteiger partial charge in [0.2, 0.25) is 0 Å². The van der Waals surface area contributed by atoms with Crippen molar-refractivity contribution in [2.24, 2.45) is 5.73 Å². The first-order chi connectivity index (χ1) is 13.0. The molecule has 150 valence electrons. The minimum Gasteiger partial charge on any atom is -0.462 e. The average molecular weight is 425 g/mol. The zero-order valence-corrected chi connectivity index (χ0v) is 17.2. The number of sulfone groups is 1. The van der Waals surface area contributed by atoms with Gasteiger partial charge in [0, 0.05) is 11.8 Å². The fourth-order valence-electron chi connectivity index (χ4n) is 2.52. The molecule has 10 heteroatoms. The smallest absolute Gasteiger partial charge is 0.341 e. The maximum atomic E-state index is 12.5. The molecule has 0 aliphatic rings. The van der Waals surface area contributed by atoms with Gasteiger partial charge in [-0.1, -0.05) is 12.1 Å². The molecule has 1 aromatic carbocycles. The van der Waals surface area contributed by atoms with Crippen molar-refractivity contribution in [3.05, 3.63) is 51.4 Å². The first kappa shape index (κ1) is 21.6. The fourth-order valence-corrected chi connectivity index (χ4v) is 4.36. The number of thiophene rings is 1. The average Bonchev–Trinajstić information content (AvgIpc) is 2.90. The van der Waals surface area contributed by atoms with Crippen LogP contribution in [0, 0.1) is 6.92 Å². The lowest BCUT2D eigenvalue weighted by molar-refractivity contribution is 0.0527. The summed E-state index contributed by atoms with van der Waals surface area (Å²) < 4.78 is 27.7. The SMILES string of the molecule is CCOC(=O)c1c(NC(=O)c2ccc(CS(C)(=O)=O)cc2)sc(C(N)=O)c1C. The number of carbonyl (C=O) groups excluding carboxylic acids is 3. The first-order valence-corrected chi connectivity index (χ1v) is 11.1. The lowest BCUT2D eigenvalue weighted by Gasteiger charge is -2.08. The molecule has 0 spiro atoms. The van der Waals surface area contributed by atoms with Gasteiger partial charge < -0.3 is 15.8 Å². The molecule has 0 radical (unpaired) electrons. The zero-order chi connectivity index (χ0) is 21.1. The molecule has 1 aromatic heterocycles. The lowest BCUT2D eigenvalue weighted by atomic mass is 10.1. The van der Waals surface area contributed by atoms with Crippen LogP contribution in [0.15, 0.2) is 24.3 Å². The third-order valence-corrected chi connectivity index (χ3v) is 5.80. The summed E-state index contributed by atoms with van der Waals surface area (Å²) in [5, 5.41) is 2.76. The Morgan fingerprint density at radius 3 is 2.29 bits per heavy atom. The lowest BCUT2D eigenvalue weighted by Crippen LogP contribution is -2.15. The number of amides is 2. The van der Waals surface area contributed by atoms with E-state index in [9.17, 15) is 22.8 Å². The normalized spacial score (nSPS) is 11.1. The van der Waals surface area contributed by atoms with Crippen molar-refractivity contribution in [3.63, 3.8) is 0 Å². The zero-order valence-electron chi connectivity index (χ0n) is 15.6. The van der Waals surface area contributed by atoms with E-state index in [1.807, 2.05) is 0 Å². The van der Waals surface area contributed by atoms with Gasteiger partial charge >= 0.3 is 5.97 Å². The van der Waals surface area contributed by atoms with Crippen LogP contribution in [-0.2, 0) is 20.3 Å². The molecule has 0 fully saturated rings. The third-order valence-electron chi connectivity index (χ3n) is 3.72. The summed E-state index contributed by atoms with van der Waals surface area (Å²) in [6, 6.07) is 6.04. The number of hydrogen-bond donors (Lipinski definition) is 2. The minimum atomic E-state index is -3.18. The van der Waals surface area contributed by atoms with E-state index in [0.29, 0.717) is 11.1 Å². The van der Waals surface area contributed by atoms with E-state index in [4.69, 9.17) is 10.5 Å². The standard InChI is InChI=1S/C18H20N2O6S2/c1-4-26-18(23)13-10(2)14(15(19)21)27-17(13)20-16(22)12-7-5-11(6-8-12)9-28(3,24)25/h5-8H,4,9H2,1-3H3,(H2,19,21)(H,20,22). The molecule has 2 amide bonds. The van der Waals surface area contributed by atoms with E-state index < -0.39 is 27.6 Å². The molecule has 0 atom stereocenters. The second-order valence-corrected chi connectivity index (χ2v) is 9.23. The number of nitrogens with one attached hydrogen (secondary N) is 1. The summed E-state index contributed by atoms with van der Waals surface area (Å²) in [5.41, 5.74) is 6.58. The van der Waals surface area contributed by atoms with Gasteiger partial charge in [0.25, 0.3) is 11.8 Å². The van der Waals surface area contributed by atoms with Crippen LogP contribution >= 0.6 is 11.3 Å². The van der Waals surface area contributed by atoms with Gasteiger partial charge in [-0.25, -0.2) is 13.2 Å². The first-order valence-electron chi connectivity index (χ1n) is 8.21. The Labute approximate surface area is 166 Å².